The number of aryl methyl sites for hydroxylation is 1. The van der Waals surface area contributed by atoms with E-state index in [9.17, 15) is 9.90 Å². The van der Waals surface area contributed by atoms with Crippen molar-refractivity contribution < 1.29 is 14.6 Å². The summed E-state index contributed by atoms with van der Waals surface area (Å²) in [5.74, 6) is 0.745. The van der Waals surface area contributed by atoms with Gasteiger partial charge < -0.3 is 9.84 Å². The highest BCUT2D eigenvalue weighted by atomic mass is 16.5. The molecule has 54 heavy (non-hydrogen) atoms. The summed E-state index contributed by atoms with van der Waals surface area (Å²) < 4.78 is 6.67. The van der Waals surface area contributed by atoms with Crippen LogP contribution in [0, 0.1) is 5.92 Å². The summed E-state index contributed by atoms with van der Waals surface area (Å²) in [6, 6.07) is 8.81. The molecule has 0 fully saturated rings. The highest BCUT2D eigenvalue weighted by Gasteiger charge is 2.32. The van der Waals surface area contributed by atoms with Gasteiger partial charge in [-0.2, -0.15) is 0 Å². The van der Waals surface area contributed by atoms with Crippen LogP contribution in [-0.4, -0.2) is 11.1 Å². The van der Waals surface area contributed by atoms with E-state index in [4.69, 9.17) is 4.74 Å². The summed E-state index contributed by atoms with van der Waals surface area (Å²) >= 11 is 0. The zero-order chi connectivity index (χ0) is 40.7. The quantitative estimate of drug-likeness (QED) is 0.0741. The summed E-state index contributed by atoms with van der Waals surface area (Å²) in [7, 11) is 0. The monoisotopic (exact) mass is 747 g/mol. The molecule has 3 heteroatoms. The fraction of sp³-hybridized carbons (Fsp3) is 0.745. The number of esters is 1. The van der Waals surface area contributed by atoms with Gasteiger partial charge in [0.05, 0.1) is 5.92 Å². The highest BCUT2D eigenvalue weighted by molar-refractivity contribution is 5.77. The molecule has 0 radical (unpaired) electrons. The van der Waals surface area contributed by atoms with E-state index in [-0.39, 0.29) is 33.5 Å². The Morgan fingerprint density at radius 3 is 1.19 bits per heavy atom. The van der Waals surface area contributed by atoms with E-state index in [0.29, 0.717) is 12.2 Å². The molecule has 0 aliphatic carbocycles. The standard InChI is InChI=1S/C51H86O3/c1-15-17-18-19-20-21-22-23-24-25-26-27-28-29-30-31-32-40(33-39-36-41(48(3,4)5)45(52)42(37-39)49(6,7)8)47(53)54-46-43(50(9,10)11)34-38(16-2)35-44(46)51(12,13)14/h34-37,40,52H,15-33H2,1-14H3. The number of ether oxygens (including phenoxy) is 1. The van der Waals surface area contributed by atoms with Gasteiger partial charge >= 0.3 is 5.97 Å². The SMILES string of the molecule is CCCCCCCCCCCCCCCCCCC(Cc1cc(C(C)(C)C)c(O)c(C(C)(C)C)c1)C(=O)Oc1c(C(C)(C)C)cc(CC)cc1C(C)(C)C. The predicted molar refractivity (Wildman–Crippen MR) is 236 cm³/mol. The topological polar surface area (TPSA) is 46.5 Å². The van der Waals surface area contributed by atoms with Crippen molar-refractivity contribution in [3.63, 3.8) is 0 Å². The lowest BCUT2D eigenvalue weighted by atomic mass is 9.77. The van der Waals surface area contributed by atoms with Gasteiger partial charge in [0.1, 0.15) is 11.5 Å². The Bertz CT molecular complexity index is 1330. The minimum atomic E-state index is -0.270. The smallest absolute Gasteiger partial charge is 0.314 e. The van der Waals surface area contributed by atoms with E-state index in [1.165, 1.54) is 95.5 Å². The molecule has 0 bridgehead atoms. The molecule has 0 spiro atoms. The van der Waals surface area contributed by atoms with Crippen molar-refractivity contribution in [1.82, 2.24) is 0 Å². The number of hydrogen-bond acceptors (Lipinski definition) is 3. The van der Waals surface area contributed by atoms with Crippen LogP contribution in [0.5, 0.6) is 11.5 Å². The normalized spacial score (nSPS) is 13.4. The second-order valence-electron chi connectivity index (χ2n) is 20.8. The molecule has 2 aromatic rings. The number of phenols is 1. The van der Waals surface area contributed by atoms with Gasteiger partial charge in [0, 0.05) is 11.1 Å². The molecule has 0 aromatic heterocycles. The number of carbonyl (C=O) groups excluding carboxylic acids is 1. The van der Waals surface area contributed by atoms with Crippen LogP contribution in [0.15, 0.2) is 24.3 Å². The van der Waals surface area contributed by atoms with Crippen LogP contribution >= 0.6 is 0 Å². The zero-order valence-electron chi connectivity index (χ0n) is 38.1. The number of unbranched alkanes of at least 4 members (excludes halogenated alkanes) is 15. The number of rotatable bonds is 22. The van der Waals surface area contributed by atoms with Crippen LogP contribution in [0.25, 0.3) is 0 Å². The number of phenolic OH excluding ortho intramolecular Hbond substituents is 1. The summed E-state index contributed by atoms with van der Waals surface area (Å²) in [6.07, 6.45) is 23.7. The van der Waals surface area contributed by atoms with Crippen LogP contribution in [0.4, 0.5) is 0 Å². The summed E-state index contributed by atoms with van der Waals surface area (Å²) in [4.78, 5) is 14.6. The van der Waals surface area contributed by atoms with Crippen LogP contribution < -0.4 is 4.74 Å². The summed E-state index contributed by atoms with van der Waals surface area (Å²) in [5, 5.41) is 11.4. The Labute approximate surface area is 335 Å². The second-order valence-corrected chi connectivity index (χ2v) is 20.8. The Kier molecular flexibility index (Phi) is 19.4. The highest BCUT2D eigenvalue weighted by Crippen LogP contribution is 2.43. The lowest BCUT2D eigenvalue weighted by Gasteiger charge is -2.31. The summed E-state index contributed by atoms with van der Waals surface area (Å²) in [5.41, 5.74) is 5.68. The van der Waals surface area contributed by atoms with Crippen LogP contribution in [0.1, 0.15) is 239 Å². The number of benzene rings is 2. The largest absolute Gasteiger partial charge is 0.507 e. The van der Waals surface area contributed by atoms with Crippen molar-refractivity contribution in [3.05, 3.63) is 57.6 Å². The van der Waals surface area contributed by atoms with E-state index in [2.05, 4.69) is 121 Å². The van der Waals surface area contributed by atoms with Crippen LogP contribution in [-0.2, 0) is 39.3 Å². The fourth-order valence-corrected chi connectivity index (χ4v) is 7.78. The lowest BCUT2D eigenvalue weighted by Crippen LogP contribution is -2.27. The van der Waals surface area contributed by atoms with Crippen molar-refractivity contribution in [1.29, 1.82) is 0 Å². The van der Waals surface area contributed by atoms with Gasteiger partial charge in [0.15, 0.2) is 0 Å². The van der Waals surface area contributed by atoms with Crippen molar-refractivity contribution >= 4 is 5.97 Å². The average Bonchev–Trinajstić information content (AvgIpc) is 3.06. The van der Waals surface area contributed by atoms with Gasteiger partial charge in [0.25, 0.3) is 0 Å². The summed E-state index contributed by atoms with van der Waals surface area (Å²) in [6.45, 7) is 30.7. The maximum atomic E-state index is 14.6. The molecule has 1 atom stereocenters. The Morgan fingerprint density at radius 1 is 0.519 bits per heavy atom. The van der Waals surface area contributed by atoms with Crippen molar-refractivity contribution in [2.45, 2.75) is 241 Å². The molecule has 0 aliphatic rings. The molecular weight excluding hydrogens is 661 g/mol. The minimum Gasteiger partial charge on any atom is -0.507 e. The number of carbonyl (C=O) groups is 1. The first kappa shape index (κ1) is 47.9. The first-order chi connectivity index (χ1) is 25.1. The van der Waals surface area contributed by atoms with E-state index in [1.807, 2.05) is 0 Å². The maximum Gasteiger partial charge on any atom is 0.314 e. The maximum absolute atomic E-state index is 14.6. The van der Waals surface area contributed by atoms with Gasteiger partial charge in [-0.25, -0.2) is 0 Å². The third kappa shape index (κ3) is 16.1. The molecular formula is C51H86O3. The van der Waals surface area contributed by atoms with E-state index in [1.54, 1.807) is 0 Å². The van der Waals surface area contributed by atoms with Gasteiger partial charge in [-0.1, -0.05) is 224 Å². The first-order valence-corrected chi connectivity index (χ1v) is 22.4. The van der Waals surface area contributed by atoms with E-state index in [0.717, 1.165) is 59.3 Å². The third-order valence-corrected chi connectivity index (χ3v) is 11.4. The molecule has 1 N–H and O–H groups in total. The molecule has 308 valence electrons. The molecule has 0 saturated heterocycles. The molecule has 2 aromatic carbocycles. The zero-order valence-corrected chi connectivity index (χ0v) is 38.1. The molecule has 0 saturated carbocycles. The molecule has 0 amide bonds. The van der Waals surface area contributed by atoms with Gasteiger partial charge in [-0.05, 0) is 63.2 Å². The van der Waals surface area contributed by atoms with Crippen LogP contribution in [0.2, 0.25) is 0 Å². The molecule has 0 heterocycles. The molecule has 0 aliphatic heterocycles. The molecule has 2 rings (SSSR count). The average molecular weight is 747 g/mol. The number of aromatic hydroxyl groups is 1. The lowest BCUT2D eigenvalue weighted by molar-refractivity contribution is -0.139. The van der Waals surface area contributed by atoms with Gasteiger partial charge in [-0.3, -0.25) is 4.79 Å². The number of hydrogen-bond donors (Lipinski definition) is 1. The third-order valence-electron chi connectivity index (χ3n) is 11.4. The van der Waals surface area contributed by atoms with Crippen molar-refractivity contribution in [2.24, 2.45) is 5.92 Å². The Balaban J connectivity index is 2.23. The van der Waals surface area contributed by atoms with Crippen molar-refractivity contribution in [3.8, 4) is 11.5 Å². The molecule has 1 unspecified atom stereocenters. The predicted octanol–water partition coefficient (Wildman–Crippen LogP) is 15.6. The van der Waals surface area contributed by atoms with Crippen LogP contribution in [0.3, 0.4) is 0 Å². The first-order valence-electron chi connectivity index (χ1n) is 22.4. The van der Waals surface area contributed by atoms with Gasteiger partial charge in [0.2, 0.25) is 0 Å². The molecule has 3 nitrogen and oxygen atoms in total. The van der Waals surface area contributed by atoms with E-state index < -0.39 is 0 Å². The van der Waals surface area contributed by atoms with Crippen molar-refractivity contribution in [2.75, 3.05) is 0 Å². The van der Waals surface area contributed by atoms with E-state index >= 15 is 0 Å². The fourth-order valence-electron chi connectivity index (χ4n) is 7.78. The minimum absolute atomic E-state index is 0.126. The Hall–Kier alpha value is -2.29. The second kappa shape index (κ2) is 21.9. The Morgan fingerprint density at radius 2 is 0.852 bits per heavy atom. The van der Waals surface area contributed by atoms with Gasteiger partial charge in [-0.15, -0.1) is 0 Å².